The fourth-order valence-electron chi connectivity index (χ4n) is 4.29. The molecule has 1 aliphatic carbocycles. The molecule has 4 rings (SSSR count). The third-order valence-corrected chi connectivity index (χ3v) is 6.97. The smallest absolute Gasteiger partial charge is 0.230 e. The molecule has 4 nitrogen and oxygen atoms in total. The summed E-state index contributed by atoms with van der Waals surface area (Å²) in [6.07, 6.45) is 9.07. The third-order valence-electron chi connectivity index (χ3n) is 5.98. The van der Waals surface area contributed by atoms with Gasteiger partial charge in [-0.05, 0) is 42.5 Å². The summed E-state index contributed by atoms with van der Waals surface area (Å²) in [7, 11) is 0. The van der Waals surface area contributed by atoms with Crippen LogP contribution in [0.4, 0.5) is 5.13 Å². The van der Waals surface area contributed by atoms with E-state index in [1.165, 1.54) is 43.4 Å². The van der Waals surface area contributed by atoms with Gasteiger partial charge in [0.2, 0.25) is 5.91 Å². The Morgan fingerprint density at radius 1 is 1.27 bits per heavy atom. The van der Waals surface area contributed by atoms with Crippen LogP contribution in [0.25, 0.3) is 10.9 Å². The molecule has 30 heavy (non-hydrogen) atoms. The highest BCUT2D eigenvalue weighted by atomic mass is 35.5. The molecule has 0 unspecified atom stereocenters. The molecular formula is C24H30ClN3OS. The van der Waals surface area contributed by atoms with Crippen molar-refractivity contribution in [1.82, 2.24) is 9.55 Å². The van der Waals surface area contributed by atoms with Gasteiger partial charge in [-0.1, -0.05) is 51.6 Å². The van der Waals surface area contributed by atoms with Crippen molar-refractivity contribution >= 4 is 44.9 Å². The second kappa shape index (κ2) is 8.72. The van der Waals surface area contributed by atoms with Gasteiger partial charge in [-0.2, -0.15) is 0 Å². The summed E-state index contributed by atoms with van der Waals surface area (Å²) in [5.41, 5.74) is 3.16. The Balaban J connectivity index is 1.53. The summed E-state index contributed by atoms with van der Waals surface area (Å²) < 4.78 is 2.32. The van der Waals surface area contributed by atoms with Crippen molar-refractivity contribution in [3.05, 3.63) is 46.1 Å². The number of aromatic nitrogens is 2. The van der Waals surface area contributed by atoms with Crippen LogP contribution in [-0.4, -0.2) is 15.5 Å². The Morgan fingerprint density at radius 2 is 2.03 bits per heavy atom. The Morgan fingerprint density at radius 3 is 2.73 bits per heavy atom. The molecule has 1 aromatic carbocycles. The van der Waals surface area contributed by atoms with Gasteiger partial charge in [-0.25, -0.2) is 4.98 Å². The minimum atomic E-state index is -0.0403. The number of benzene rings is 1. The molecule has 1 amide bonds. The first kappa shape index (κ1) is 21.4. The second-order valence-corrected chi connectivity index (χ2v) is 10.8. The van der Waals surface area contributed by atoms with Crippen LogP contribution in [0.2, 0.25) is 5.02 Å². The number of nitrogens with one attached hydrogen (secondary N) is 1. The standard InChI is InChI=1S/C24H30ClN3OS/c1-24(2,3)21-15-30-23(26-21)27-22(29)11-17-14-28(13-16-7-5-4-6-8-16)20-10-9-18(25)12-19(17)20/h9-10,12,14-16H,4-8,11,13H2,1-3H3,(H,26,27,29). The topological polar surface area (TPSA) is 46.9 Å². The molecule has 6 heteroatoms. The lowest BCUT2D eigenvalue weighted by molar-refractivity contribution is -0.115. The van der Waals surface area contributed by atoms with Crippen LogP contribution < -0.4 is 5.32 Å². The number of hydrogen-bond acceptors (Lipinski definition) is 3. The van der Waals surface area contributed by atoms with Gasteiger partial charge in [-0.3, -0.25) is 4.79 Å². The molecule has 0 saturated heterocycles. The van der Waals surface area contributed by atoms with Gasteiger partial charge >= 0.3 is 0 Å². The van der Waals surface area contributed by atoms with Crippen molar-refractivity contribution in [1.29, 1.82) is 0 Å². The van der Waals surface area contributed by atoms with E-state index in [2.05, 4.69) is 47.9 Å². The van der Waals surface area contributed by atoms with E-state index in [9.17, 15) is 4.79 Å². The van der Waals surface area contributed by atoms with E-state index in [1.807, 2.05) is 17.5 Å². The van der Waals surface area contributed by atoms with Crippen LogP contribution in [0.1, 0.15) is 64.1 Å². The largest absolute Gasteiger partial charge is 0.347 e. The average Bonchev–Trinajstić information content (AvgIpc) is 3.28. The molecule has 0 aliphatic heterocycles. The zero-order valence-electron chi connectivity index (χ0n) is 18.0. The molecule has 2 heterocycles. The Bertz CT molecular complexity index is 1040. The number of nitrogens with zero attached hydrogens (tertiary/aromatic N) is 2. The first-order valence-electron chi connectivity index (χ1n) is 10.8. The maximum atomic E-state index is 12.8. The van der Waals surface area contributed by atoms with Gasteiger partial charge in [0.05, 0.1) is 12.1 Å². The highest BCUT2D eigenvalue weighted by molar-refractivity contribution is 7.13. The summed E-state index contributed by atoms with van der Waals surface area (Å²) in [6.45, 7) is 7.39. The lowest BCUT2D eigenvalue weighted by atomic mass is 9.89. The normalized spacial score (nSPS) is 15.6. The minimum Gasteiger partial charge on any atom is -0.347 e. The zero-order chi connectivity index (χ0) is 21.3. The van der Waals surface area contributed by atoms with Crippen molar-refractivity contribution in [2.75, 3.05) is 5.32 Å². The van der Waals surface area contributed by atoms with Crippen LogP contribution in [0.5, 0.6) is 0 Å². The first-order valence-corrected chi connectivity index (χ1v) is 12.1. The molecule has 0 atom stereocenters. The summed E-state index contributed by atoms with van der Waals surface area (Å²) in [6, 6.07) is 6.00. The number of carbonyl (C=O) groups excluding carboxylic acids is 1. The molecule has 1 saturated carbocycles. The lowest BCUT2D eigenvalue weighted by Crippen LogP contribution is -2.16. The Kier molecular flexibility index (Phi) is 6.21. The molecule has 3 aromatic rings. The van der Waals surface area contributed by atoms with Crippen molar-refractivity contribution in [3.63, 3.8) is 0 Å². The number of halogens is 1. The van der Waals surface area contributed by atoms with Crippen molar-refractivity contribution in [2.24, 2.45) is 5.92 Å². The maximum absolute atomic E-state index is 12.8. The first-order chi connectivity index (χ1) is 14.3. The van der Waals surface area contributed by atoms with Gasteiger partial charge in [0.15, 0.2) is 5.13 Å². The average molecular weight is 444 g/mol. The van der Waals surface area contributed by atoms with Gasteiger partial charge < -0.3 is 9.88 Å². The number of thiazole rings is 1. The number of carbonyl (C=O) groups is 1. The molecule has 1 fully saturated rings. The molecule has 0 spiro atoms. The van der Waals surface area contributed by atoms with E-state index in [0.29, 0.717) is 16.6 Å². The number of rotatable bonds is 5. The maximum Gasteiger partial charge on any atom is 0.230 e. The fourth-order valence-corrected chi connectivity index (χ4v) is 5.42. The van der Waals surface area contributed by atoms with E-state index < -0.39 is 0 Å². The lowest BCUT2D eigenvalue weighted by Gasteiger charge is -2.22. The van der Waals surface area contributed by atoms with E-state index in [0.717, 1.165) is 34.6 Å². The zero-order valence-corrected chi connectivity index (χ0v) is 19.6. The number of anilines is 1. The predicted octanol–water partition coefficient (Wildman–Crippen LogP) is 6.81. The van der Waals surface area contributed by atoms with Gasteiger partial charge in [0, 0.05) is 39.5 Å². The monoisotopic (exact) mass is 443 g/mol. The van der Waals surface area contributed by atoms with Crippen molar-refractivity contribution in [2.45, 2.75) is 71.3 Å². The number of amides is 1. The summed E-state index contributed by atoms with van der Waals surface area (Å²) in [5.74, 6) is 0.680. The van der Waals surface area contributed by atoms with E-state index >= 15 is 0 Å². The second-order valence-electron chi connectivity index (χ2n) is 9.49. The summed E-state index contributed by atoms with van der Waals surface area (Å²) in [5, 5.41) is 7.43. The Hall–Kier alpha value is -1.85. The van der Waals surface area contributed by atoms with Crippen LogP contribution >= 0.6 is 22.9 Å². The van der Waals surface area contributed by atoms with Crippen molar-refractivity contribution in [3.8, 4) is 0 Å². The molecule has 0 radical (unpaired) electrons. The van der Waals surface area contributed by atoms with Crippen LogP contribution in [0, 0.1) is 5.92 Å². The summed E-state index contributed by atoms with van der Waals surface area (Å²) in [4.78, 5) is 17.4. The molecule has 160 valence electrons. The highest BCUT2D eigenvalue weighted by Gasteiger charge is 2.20. The number of fused-ring (bicyclic) bond motifs is 1. The van der Waals surface area contributed by atoms with Gasteiger partial charge in [-0.15, -0.1) is 11.3 Å². The molecule has 2 aromatic heterocycles. The van der Waals surface area contributed by atoms with Crippen molar-refractivity contribution < 1.29 is 4.79 Å². The molecular weight excluding hydrogens is 414 g/mol. The predicted molar refractivity (Wildman–Crippen MR) is 127 cm³/mol. The third kappa shape index (κ3) is 4.89. The van der Waals surface area contributed by atoms with Crippen LogP contribution in [-0.2, 0) is 23.2 Å². The van der Waals surface area contributed by atoms with Crippen LogP contribution in [0.15, 0.2) is 29.8 Å². The molecule has 1 N–H and O–H groups in total. The highest BCUT2D eigenvalue weighted by Crippen LogP contribution is 2.31. The van der Waals surface area contributed by atoms with E-state index in [4.69, 9.17) is 11.6 Å². The van der Waals surface area contributed by atoms with Gasteiger partial charge in [0.1, 0.15) is 0 Å². The van der Waals surface area contributed by atoms with E-state index in [1.54, 1.807) is 0 Å². The fraction of sp³-hybridized carbons (Fsp3) is 0.500. The van der Waals surface area contributed by atoms with E-state index in [-0.39, 0.29) is 11.3 Å². The minimum absolute atomic E-state index is 0.0250. The Labute approximate surface area is 187 Å². The SMILES string of the molecule is CC(C)(C)c1csc(NC(=O)Cc2cn(CC3CCCCC3)c3ccc(Cl)cc23)n1. The quantitative estimate of drug-likeness (QED) is 0.470. The number of hydrogen-bond donors (Lipinski definition) is 1. The molecule has 0 bridgehead atoms. The molecule has 1 aliphatic rings. The van der Waals surface area contributed by atoms with Crippen LogP contribution in [0.3, 0.4) is 0 Å². The summed E-state index contributed by atoms with van der Waals surface area (Å²) >= 11 is 7.77. The van der Waals surface area contributed by atoms with Gasteiger partial charge in [0.25, 0.3) is 0 Å².